The standard InChI is InChI=1S/C12H11ClN4O2/c1-7-4-10(16-15-7)12(19)17-14-6-8-5-9(13)2-3-11(8)18/h2-6,18H,1H3,(H,15,16)(H,17,19). The number of nitrogens with zero attached hydrogens (tertiary/aromatic N) is 2. The maximum Gasteiger partial charge on any atom is 0.291 e. The van der Waals surface area contributed by atoms with Crippen molar-refractivity contribution in [2.45, 2.75) is 6.92 Å². The topological polar surface area (TPSA) is 90.4 Å². The molecule has 1 aromatic carbocycles. The highest BCUT2D eigenvalue weighted by molar-refractivity contribution is 6.30. The van der Waals surface area contributed by atoms with E-state index in [9.17, 15) is 9.90 Å². The van der Waals surface area contributed by atoms with Gasteiger partial charge in [0.2, 0.25) is 0 Å². The molecule has 2 rings (SSSR count). The molecule has 0 saturated carbocycles. The van der Waals surface area contributed by atoms with Gasteiger partial charge in [-0.1, -0.05) is 11.6 Å². The number of hydrogen-bond acceptors (Lipinski definition) is 4. The maximum absolute atomic E-state index is 11.6. The molecule has 0 bridgehead atoms. The Kier molecular flexibility index (Phi) is 3.82. The Labute approximate surface area is 114 Å². The molecule has 6 nitrogen and oxygen atoms in total. The molecule has 7 heteroatoms. The molecule has 1 aromatic heterocycles. The van der Waals surface area contributed by atoms with Crippen molar-refractivity contribution in [3.05, 3.63) is 46.2 Å². The Morgan fingerprint density at radius 1 is 1.53 bits per heavy atom. The van der Waals surface area contributed by atoms with Gasteiger partial charge in [0.1, 0.15) is 5.75 Å². The van der Waals surface area contributed by atoms with Crippen LogP contribution in [0.4, 0.5) is 0 Å². The van der Waals surface area contributed by atoms with Gasteiger partial charge in [0.15, 0.2) is 5.69 Å². The fourth-order valence-electron chi connectivity index (χ4n) is 1.38. The van der Waals surface area contributed by atoms with Gasteiger partial charge in [0.25, 0.3) is 5.91 Å². The third-order valence-corrected chi connectivity index (χ3v) is 2.53. The van der Waals surface area contributed by atoms with E-state index in [2.05, 4.69) is 20.7 Å². The summed E-state index contributed by atoms with van der Waals surface area (Å²) in [7, 11) is 0. The van der Waals surface area contributed by atoms with Gasteiger partial charge < -0.3 is 5.11 Å². The van der Waals surface area contributed by atoms with Gasteiger partial charge in [-0.2, -0.15) is 10.2 Å². The average Bonchev–Trinajstić information content (AvgIpc) is 2.80. The Morgan fingerprint density at radius 2 is 2.32 bits per heavy atom. The smallest absolute Gasteiger partial charge is 0.291 e. The van der Waals surface area contributed by atoms with E-state index in [1.54, 1.807) is 19.1 Å². The van der Waals surface area contributed by atoms with Crippen LogP contribution in [0.15, 0.2) is 29.4 Å². The number of halogens is 1. The molecule has 3 N–H and O–H groups in total. The number of phenols is 1. The third kappa shape index (κ3) is 3.32. The summed E-state index contributed by atoms with van der Waals surface area (Å²) in [5.74, 6) is -0.417. The lowest BCUT2D eigenvalue weighted by Crippen LogP contribution is -2.18. The number of carbonyl (C=O) groups excluding carboxylic acids is 1. The van der Waals surface area contributed by atoms with Crippen molar-refractivity contribution in [1.29, 1.82) is 0 Å². The van der Waals surface area contributed by atoms with Crippen LogP contribution in [0.2, 0.25) is 5.02 Å². The minimum Gasteiger partial charge on any atom is -0.507 e. The van der Waals surface area contributed by atoms with Crippen LogP contribution in [0.3, 0.4) is 0 Å². The van der Waals surface area contributed by atoms with E-state index < -0.39 is 5.91 Å². The van der Waals surface area contributed by atoms with Gasteiger partial charge in [-0.25, -0.2) is 5.43 Å². The fourth-order valence-corrected chi connectivity index (χ4v) is 1.56. The van der Waals surface area contributed by atoms with Crippen molar-refractivity contribution in [2.75, 3.05) is 0 Å². The van der Waals surface area contributed by atoms with Crippen LogP contribution in [0.5, 0.6) is 5.75 Å². The summed E-state index contributed by atoms with van der Waals surface area (Å²) < 4.78 is 0. The van der Waals surface area contributed by atoms with Gasteiger partial charge >= 0.3 is 0 Å². The predicted octanol–water partition coefficient (Wildman–Crippen LogP) is 1.84. The molecule has 0 fully saturated rings. The molecule has 19 heavy (non-hydrogen) atoms. The van der Waals surface area contributed by atoms with Crippen LogP contribution in [0.1, 0.15) is 21.7 Å². The Morgan fingerprint density at radius 3 is 3.00 bits per heavy atom. The van der Waals surface area contributed by atoms with Crippen LogP contribution < -0.4 is 5.43 Å². The number of carbonyl (C=O) groups is 1. The van der Waals surface area contributed by atoms with Gasteiger partial charge in [-0.3, -0.25) is 9.89 Å². The van der Waals surface area contributed by atoms with E-state index >= 15 is 0 Å². The molecule has 0 saturated heterocycles. The number of phenolic OH excluding ortho intramolecular Hbond substituents is 1. The van der Waals surface area contributed by atoms with Gasteiger partial charge in [-0.05, 0) is 31.2 Å². The summed E-state index contributed by atoms with van der Waals surface area (Å²) in [6.45, 7) is 1.79. The first-order valence-electron chi connectivity index (χ1n) is 5.40. The molecule has 2 aromatic rings. The molecule has 98 valence electrons. The van der Waals surface area contributed by atoms with Crippen molar-refractivity contribution in [1.82, 2.24) is 15.6 Å². The van der Waals surface area contributed by atoms with E-state index in [1.165, 1.54) is 18.3 Å². The number of aromatic amines is 1. The highest BCUT2D eigenvalue weighted by atomic mass is 35.5. The monoisotopic (exact) mass is 278 g/mol. The average molecular weight is 279 g/mol. The second kappa shape index (κ2) is 5.53. The van der Waals surface area contributed by atoms with E-state index in [1.807, 2.05) is 0 Å². The number of benzene rings is 1. The number of hydrazone groups is 1. The molecule has 0 radical (unpaired) electrons. The number of aromatic nitrogens is 2. The number of H-pyrrole nitrogens is 1. The molecule has 0 aliphatic heterocycles. The predicted molar refractivity (Wildman–Crippen MR) is 71.5 cm³/mol. The summed E-state index contributed by atoms with van der Waals surface area (Å²) in [4.78, 5) is 11.6. The molecule has 0 aliphatic rings. The molecular formula is C12H11ClN4O2. The van der Waals surface area contributed by atoms with Crippen molar-refractivity contribution in [3.63, 3.8) is 0 Å². The number of amides is 1. The first-order chi connectivity index (χ1) is 9.06. The van der Waals surface area contributed by atoms with Crippen LogP contribution >= 0.6 is 11.6 Å². The molecular weight excluding hydrogens is 268 g/mol. The van der Waals surface area contributed by atoms with E-state index in [4.69, 9.17) is 11.6 Å². The number of hydrogen-bond donors (Lipinski definition) is 3. The largest absolute Gasteiger partial charge is 0.507 e. The summed E-state index contributed by atoms with van der Waals surface area (Å²) in [6, 6.07) is 6.13. The first-order valence-corrected chi connectivity index (χ1v) is 5.78. The third-order valence-electron chi connectivity index (χ3n) is 2.30. The normalized spacial score (nSPS) is 10.8. The minimum atomic E-state index is -0.442. The van der Waals surface area contributed by atoms with E-state index in [0.717, 1.165) is 5.69 Å². The lowest BCUT2D eigenvalue weighted by atomic mass is 10.2. The van der Waals surface area contributed by atoms with Crippen LogP contribution in [0, 0.1) is 6.92 Å². The highest BCUT2D eigenvalue weighted by Crippen LogP contribution is 2.19. The van der Waals surface area contributed by atoms with Crippen LogP contribution in [0.25, 0.3) is 0 Å². The fraction of sp³-hybridized carbons (Fsp3) is 0.0833. The minimum absolute atomic E-state index is 0.0259. The zero-order chi connectivity index (χ0) is 13.8. The van der Waals surface area contributed by atoms with Crippen LogP contribution in [-0.2, 0) is 0 Å². The molecule has 1 heterocycles. The Hall–Kier alpha value is -2.34. The van der Waals surface area contributed by atoms with E-state index in [-0.39, 0.29) is 11.4 Å². The number of aromatic hydroxyl groups is 1. The quantitative estimate of drug-likeness (QED) is 0.591. The highest BCUT2D eigenvalue weighted by Gasteiger charge is 2.07. The SMILES string of the molecule is Cc1cc(C(=O)NN=Cc2cc(Cl)ccc2O)n[nH]1. The number of aryl methyl sites for hydroxylation is 1. The number of rotatable bonds is 3. The van der Waals surface area contributed by atoms with Gasteiger partial charge in [0.05, 0.1) is 6.21 Å². The Bertz CT molecular complexity index is 636. The Balaban J connectivity index is 2.04. The van der Waals surface area contributed by atoms with Gasteiger partial charge in [0, 0.05) is 16.3 Å². The lowest BCUT2D eigenvalue weighted by Gasteiger charge is -1.99. The summed E-state index contributed by atoms with van der Waals surface area (Å²) in [5.41, 5.74) is 3.73. The number of nitrogens with one attached hydrogen (secondary N) is 2. The van der Waals surface area contributed by atoms with Crippen molar-refractivity contribution < 1.29 is 9.90 Å². The van der Waals surface area contributed by atoms with E-state index in [0.29, 0.717) is 10.6 Å². The zero-order valence-electron chi connectivity index (χ0n) is 10.0. The summed E-state index contributed by atoms with van der Waals surface area (Å²) in [5, 5.41) is 20.2. The summed E-state index contributed by atoms with van der Waals surface area (Å²) in [6.07, 6.45) is 1.30. The second-order valence-electron chi connectivity index (χ2n) is 3.84. The van der Waals surface area contributed by atoms with Crippen molar-refractivity contribution >= 4 is 23.7 Å². The maximum atomic E-state index is 11.6. The molecule has 0 spiro atoms. The molecule has 0 aliphatic carbocycles. The van der Waals surface area contributed by atoms with Crippen molar-refractivity contribution in [3.8, 4) is 5.75 Å². The van der Waals surface area contributed by atoms with Gasteiger partial charge in [-0.15, -0.1) is 0 Å². The lowest BCUT2D eigenvalue weighted by molar-refractivity contribution is 0.0950. The molecule has 0 unspecified atom stereocenters. The van der Waals surface area contributed by atoms with Crippen LogP contribution in [-0.4, -0.2) is 27.4 Å². The first kappa shape index (κ1) is 13.1. The summed E-state index contributed by atoms with van der Waals surface area (Å²) >= 11 is 5.78. The second-order valence-corrected chi connectivity index (χ2v) is 4.27. The molecule has 0 atom stereocenters. The van der Waals surface area contributed by atoms with Crippen molar-refractivity contribution in [2.24, 2.45) is 5.10 Å². The zero-order valence-corrected chi connectivity index (χ0v) is 10.8. The molecule has 1 amide bonds.